The predicted molar refractivity (Wildman–Crippen MR) is 151 cm³/mol. The van der Waals surface area contributed by atoms with Crippen molar-refractivity contribution < 1.29 is 13.9 Å². The number of carbonyl (C=O) groups excluding carboxylic acids is 1. The average Bonchev–Trinajstić information content (AvgIpc) is 3.30. The van der Waals surface area contributed by atoms with Crippen molar-refractivity contribution in [2.24, 2.45) is 0 Å². The molecule has 1 N–H and O–H groups in total. The van der Waals surface area contributed by atoms with E-state index in [2.05, 4.69) is 41.0 Å². The zero-order valence-corrected chi connectivity index (χ0v) is 24.4. The molecule has 37 heavy (non-hydrogen) atoms. The summed E-state index contributed by atoms with van der Waals surface area (Å²) in [7, 11) is 2.04. The highest BCUT2D eigenvalue weighted by atomic mass is 32.2. The number of aromatic nitrogens is 2. The molecular weight excluding hydrogens is 509 g/mol. The van der Waals surface area contributed by atoms with E-state index in [0.29, 0.717) is 30.3 Å². The van der Waals surface area contributed by atoms with E-state index in [1.807, 2.05) is 46.9 Å². The molecule has 2 aromatic heterocycles. The van der Waals surface area contributed by atoms with Crippen LogP contribution in [0.25, 0.3) is 0 Å². The number of nitrogens with zero attached hydrogens (tertiary/aromatic N) is 4. The van der Waals surface area contributed by atoms with Crippen LogP contribution in [0.4, 0.5) is 20.8 Å². The number of benzene rings is 1. The third-order valence-electron chi connectivity index (χ3n) is 5.64. The fourth-order valence-electron chi connectivity index (χ4n) is 3.29. The van der Waals surface area contributed by atoms with Crippen molar-refractivity contribution in [3.05, 3.63) is 63.9 Å². The topological polar surface area (TPSA) is 70.6 Å². The highest BCUT2D eigenvalue weighted by molar-refractivity contribution is 8.01. The quantitative estimate of drug-likeness (QED) is 0.298. The van der Waals surface area contributed by atoms with Gasteiger partial charge in [-0.1, -0.05) is 12.1 Å². The van der Waals surface area contributed by atoms with Crippen molar-refractivity contribution in [2.45, 2.75) is 77.6 Å². The van der Waals surface area contributed by atoms with Crippen LogP contribution in [0.2, 0.25) is 0 Å². The molecule has 3 aromatic rings. The van der Waals surface area contributed by atoms with Crippen molar-refractivity contribution in [1.29, 1.82) is 0 Å². The first kappa shape index (κ1) is 28.9. The van der Waals surface area contributed by atoms with Crippen molar-refractivity contribution in [1.82, 2.24) is 14.9 Å². The highest BCUT2D eigenvalue weighted by Crippen LogP contribution is 2.32. The summed E-state index contributed by atoms with van der Waals surface area (Å²) in [5, 5.41) is 5.08. The molecule has 10 heteroatoms. The number of nitrogens with one attached hydrogen (secondary N) is 1. The maximum Gasteiger partial charge on any atom is 0.426 e. The Morgan fingerprint density at radius 3 is 2.51 bits per heavy atom. The molecule has 0 bridgehead atoms. The second kappa shape index (κ2) is 11.8. The number of rotatable bonds is 8. The minimum Gasteiger partial charge on any atom is -0.443 e. The standard InChI is InChI=1S/C27H36FN5O2S2/c1-18-12-20(37-33(23-16-36-17-31-23)25(34)35-27(5,6)7)13-29-24(18)30-14-21-19(10-9-11-22(21)28)15-32(8)26(2,3)4/h9-13,16-17H,14-15H2,1-8H3,(H,29,30). The van der Waals surface area contributed by atoms with Crippen molar-refractivity contribution in [3.8, 4) is 0 Å². The third kappa shape index (κ3) is 8.15. The molecule has 0 saturated carbocycles. The number of ether oxygens (including phenoxy) is 1. The fourth-order valence-corrected chi connectivity index (χ4v) is 4.72. The Morgan fingerprint density at radius 1 is 1.19 bits per heavy atom. The van der Waals surface area contributed by atoms with Gasteiger partial charge in [0, 0.05) is 52.6 Å². The van der Waals surface area contributed by atoms with Gasteiger partial charge in [0.25, 0.3) is 0 Å². The number of halogens is 1. The summed E-state index contributed by atoms with van der Waals surface area (Å²) >= 11 is 2.59. The van der Waals surface area contributed by atoms with Gasteiger partial charge in [0.2, 0.25) is 0 Å². The summed E-state index contributed by atoms with van der Waals surface area (Å²) < 4.78 is 21.8. The van der Waals surface area contributed by atoms with Gasteiger partial charge in [-0.05, 0) is 78.8 Å². The summed E-state index contributed by atoms with van der Waals surface area (Å²) in [4.78, 5) is 24.6. The normalized spacial score (nSPS) is 12.1. The maximum atomic E-state index is 14.8. The predicted octanol–water partition coefficient (Wildman–Crippen LogP) is 7.28. The first-order valence-electron chi connectivity index (χ1n) is 12.0. The highest BCUT2D eigenvalue weighted by Gasteiger charge is 2.26. The largest absolute Gasteiger partial charge is 0.443 e. The Kier molecular flexibility index (Phi) is 9.20. The van der Waals surface area contributed by atoms with Gasteiger partial charge in [0.1, 0.15) is 17.2 Å². The van der Waals surface area contributed by atoms with E-state index in [1.54, 1.807) is 23.2 Å². The molecule has 0 aliphatic heterocycles. The van der Waals surface area contributed by atoms with Crippen molar-refractivity contribution in [2.75, 3.05) is 16.7 Å². The van der Waals surface area contributed by atoms with E-state index < -0.39 is 11.7 Å². The zero-order valence-electron chi connectivity index (χ0n) is 22.8. The summed E-state index contributed by atoms with van der Waals surface area (Å²) in [6.45, 7) is 14.7. The molecule has 1 aromatic carbocycles. The lowest BCUT2D eigenvalue weighted by atomic mass is 10.0. The second-order valence-electron chi connectivity index (χ2n) is 10.8. The molecule has 0 spiro atoms. The van der Waals surface area contributed by atoms with Crippen LogP contribution >= 0.6 is 23.3 Å². The third-order valence-corrected chi connectivity index (χ3v) is 7.16. The van der Waals surface area contributed by atoms with Gasteiger partial charge in [0.05, 0.1) is 5.51 Å². The molecule has 0 atom stereocenters. The van der Waals surface area contributed by atoms with E-state index in [4.69, 9.17) is 4.74 Å². The van der Waals surface area contributed by atoms with Gasteiger partial charge in [0.15, 0.2) is 5.82 Å². The van der Waals surface area contributed by atoms with Crippen LogP contribution in [-0.4, -0.2) is 39.1 Å². The summed E-state index contributed by atoms with van der Waals surface area (Å²) in [5.41, 5.74) is 3.43. The Labute approximate surface area is 227 Å². The number of pyridine rings is 1. The number of hydrogen-bond acceptors (Lipinski definition) is 8. The zero-order chi connectivity index (χ0) is 27.4. The molecule has 200 valence electrons. The maximum absolute atomic E-state index is 14.8. The van der Waals surface area contributed by atoms with Crippen molar-refractivity contribution in [3.63, 3.8) is 0 Å². The molecule has 2 heterocycles. The van der Waals surface area contributed by atoms with Crippen molar-refractivity contribution >= 4 is 41.0 Å². The van der Waals surface area contributed by atoms with Crippen LogP contribution in [0.1, 0.15) is 58.2 Å². The Balaban J connectivity index is 1.75. The first-order valence-corrected chi connectivity index (χ1v) is 13.7. The van der Waals surface area contributed by atoms with Crippen LogP contribution < -0.4 is 9.62 Å². The van der Waals surface area contributed by atoms with E-state index in [1.165, 1.54) is 33.7 Å². The molecule has 1 amide bonds. The fraction of sp³-hybridized carbons (Fsp3) is 0.444. The smallest absolute Gasteiger partial charge is 0.426 e. The van der Waals surface area contributed by atoms with Crippen LogP contribution in [0.5, 0.6) is 0 Å². The number of thiazole rings is 1. The number of anilines is 2. The second-order valence-corrected chi connectivity index (χ2v) is 12.5. The SMILES string of the molecule is Cc1cc(SN(C(=O)OC(C)(C)C)c2cscn2)cnc1NCc1c(F)cccc1CN(C)C(C)(C)C. The number of amides is 1. The first-order chi connectivity index (χ1) is 17.2. The number of hydrogen-bond donors (Lipinski definition) is 1. The lowest BCUT2D eigenvalue weighted by Gasteiger charge is -2.32. The van der Waals surface area contributed by atoms with Crippen LogP contribution in [0.15, 0.2) is 46.2 Å². The minimum atomic E-state index is -0.638. The Morgan fingerprint density at radius 2 is 1.92 bits per heavy atom. The molecule has 7 nitrogen and oxygen atoms in total. The summed E-state index contributed by atoms with van der Waals surface area (Å²) in [6.07, 6.45) is 1.18. The number of aryl methyl sites for hydroxylation is 1. The number of carbonyl (C=O) groups is 1. The molecule has 0 saturated heterocycles. The molecule has 0 aliphatic carbocycles. The van der Waals surface area contributed by atoms with E-state index in [0.717, 1.165) is 16.0 Å². The van der Waals surface area contributed by atoms with E-state index in [-0.39, 0.29) is 11.4 Å². The Bertz CT molecular complexity index is 1210. The lowest BCUT2D eigenvalue weighted by molar-refractivity contribution is 0.0611. The molecule has 0 aliphatic rings. The lowest BCUT2D eigenvalue weighted by Crippen LogP contribution is -2.37. The van der Waals surface area contributed by atoms with Gasteiger partial charge in [-0.25, -0.2) is 19.2 Å². The van der Waals surface area contributed by atoms with Gasteiger partial charge in [-0.15, -0.1) is 11.3 Å². The van der Waals surface area contributed by atoms with Crippen LogP contribution in [0.3, 0.4) is 0 Å². The summed E-state index contributed by atoms with van der Waals surface area (Å²) in [5.74, 6) is 0.907. The molecule has 0 radical (unpaired) electrons. The molecule has 0 fully saturated rings. The van der Waals surface area contributed by atoms with Gasteiger partial charge in [-0.2, -0.15) is 4.31 Å². The van der Waals surface area contributed by atoms with E-state index in [9.17, 15) is 9.18 Å². The monoisotopic (exact) mass is 545 g/mol. The molecular formula is C27H36FN5O2S2. The van der Waals surface area contributed by atoms with Gasteiger partial charge >= 0.3 is 6.09 Å². The van der Waals surface area contributed by atoms with Crippen LogP contribution in [-0.2, 0) is 17.8 Å². The van der Waals surface area contributed by atoms with Crippen LogP contribution in [0, 0.1) is 12.7 Å². The van der Waals surface area contributed by atoms with Gasteiger partial charge < -0.3 is 10.1 Å². The van der Waals surface area contributed by atoms with E-state index >= 15 is 0 Å². The molecule has 0 unspecified atom stereocenters. The Hall–Kier alpha value is -2.69. The minimum absolute atomic E-state index is 0.0333. The molecule has 3 rings (SSSR count). The summed E-state index contributed by atoms with van der Waals surface area (Å²) in [6, 6.07) is 7.13. The average molecular weight is 546 g/mol. The van der Waals surface area contributed by atoms with Gasteiger partial charge in [-0.3, -0.25) is 4.90 Å².